The van der Waals surface area contributed by atoms with E-state index in [1.165, 1.54) is 17.7 Å². The second kappa shape index (κ2) is 11.5. The molecule has 4 aromatic rings. The molecule has 0 radical (unpaired) electrons. The molecule has 4 atom stereocenters. The lowest BCUT2D eigenvalue weighted by Crippen LogP contribution is -2.42. The number of aromatic amines is 1. The number of carbonyl (C=O) groups is 2. The Morgan fingerprint density at radius 3 is 2.36 bits per heavy atom. The number of rotatable bonds is 5. The highest BCUT2D eigenvalue weighted by Crippen LogP contribution is 2.56. The number of nitrogens with one attached hydrogen (secondary N) is 4. The van der Waals surface area contributed by atoms with E-state index in [2.05, 4.69) is 20.9 Å². The first-order valence-electron chi connectivity index (χ1n) is 15.2. The summed E-state index contributed by atoms with van der Waals surface area (Å²) in [7, 11) is 0. The maximum Gasteiger partial charge on any atom is 0.340 e. The Kier molecular flexibility index (Phi) is 7.44. The molecule has 12 nitrogen and oxygen atoms in total. The highest BCUT2D eigenvalue weighted by atomic mass is 32.1. The van der Waals surface area contributed by atoms with Gasteiger partial charge in [0.25, 0.3) is 5.56 Å². The summed E-state index contributed by atoms with van der Waals surface area (Å²) in [6, 6.07) is 17.8. The molecule has 1 fully saturated rings. The van der Waals surface area contributed by atoms with Gasteiger partial charge in [-0.25, -0.2) is 9.59 Å². The third kappa shape index (κ3) is 5.17. The third-order valence-electron chi connectivity index (χ3n) is 8.70. The lowest BCUT2D eigenvalue weighted by atomic mass is 9.77. The highest BCUT2D eigenvalue weighted by molar-refractivity contribution is 7.80. The van der Waals surface area contributed by atoms with E-state index in [-0.39, 0.29) is 18.1 Å². The maximum atomic E-state index is 13.2. The fourth-order valence-corrected chi connectivity index (χ4v) is 6.87. The number of ether oxygens (including phenoxy) is 3. The number of nitrogens with zero attached hydrogens (tertiary/aromatic N) is 1. The second-order valence-electron chi connectivity index (χ2n) is 11.8. The average molecular weight is 654 g/mol. The monoisotopic (exact) mass is 653 g/mol. The minimum Gasteiger partial charge on any atom is -0.456 e. The van der Waals surface area contributed by atoms with Crippen LogP contribution >= 0.6 is 12.2 Å². The number of aromatic nitrogens is 2. The van der Waals surface area contributed by atoms with Crippen LogP contribution in [0.5, 0.6) is 11.5 Å². The number of thiocarbonyl (C=S) groups is 1. The van der Waals surface area contributed by atoms with Gasteiger partial charge in [0.2, 0.25) is 5.91 Å². The Morgan fingerprint density at radius 2 is 1.68 bits per heavy atom. The van der Waals surface area contributed by atoms with Gasteiger partial charge in [0.15, 0.2) is 10.7 Å². The number of fused-ring (bicyclic) bond motifs is 6. The molecule has 3 aromatic carbocycles. The molecular weight excluding hydrogens is 622 g/mol. The lowest BCUT2D eigenvalue weighted by Gasteiger charge is -2.37. The molecule has 7 rings (SSSR count). The van der Waals surface area contributed by atoms with Gasteiger partial charge < -0.3 is 30.2 Å². The number of anilines is 2. The summed E-state index contributed by atoms with van der Waals surface area (Å²) in [6.07, 6.45) is 1.81. The molecule has 4 heterocycles. The van der Waals surface area contributed by atoms with Crippen LogP contribution < -0.4 is 31.9 Å². The number of hydrogen-bond acceptors (Lipinski definition) is 8. The minimum atomic E-state index is -1.26. The van der Waals surface area contributed by atoms with E-state index in [1.54, 1.807) is 43.3 Å². The Labute approximate surface area is 274 Å². The van der Waals surface area contributed by atoms with Crippen LogP contribution in [0.15, 0.2) is 76.4 Å². The van der Waals surface area contributed by atoms with E-state index < -0.39 is 29.0 Å². The van der Waals surface area contributed by atoms with Crippen molar-refractivity contribution >= 4 is 40.6 Å². The molecular formula is C34H31N5O7S. The summed E-state index contributed by atoms with van der Waals surface area (Å²) in [5, 5.41) is 9.65. The van der Waals surface area contributed by atoms with Crippen molar-refractivity contribution < 1.29 is 23.8 Å². The van der Waals surface area contributed by atoms with Gasteiger partial charge in [0.1, 0.15) is 17.7 Å². The van der Waals surface area contributed by atoms with Crippen molar-refractivity contribution in [1.82, 2.24) is 14.9 Å². The van der Waals surface area contributed by atoms with Crippen LogP contribution in [-0.2, 0) is 19.9 Å². The lowest BCUT2D eigenvalue weighted by molar-refractivity contribution is -0.114. The fourth-order valence-electron chi connectivity index (χ4n) is 6.60. The summed E-state index contributed by atoms with van der Waals surface area (Å²) in [4.78, 5) is 51.6. The molecule has 1 amide bonds. The van der Waals surface area contributed by atoms with Crippen molar-refractivity contribution in [1.29, 1.82) is 0 Å². The molecule has 2 unspecified atom stereocenters. The predicted octanol–water partition coefficient (Wildman–Crippen LogP) is 4.42. The van der Waals surface area contributed by atoms with Gasteiger partial charge in [-0.1, -0.05) is 25.1 Å². The normalized spacial score (nSPS) is 22.0. The molecule has 0 bridgehead atoms. The van der Waals surface area contributed by atoms with Crippen LogP contribution in [0.1, 0.15) is 65.5 Å². The van der Waals surface area contributed by atoms with Crippen LogP contribution in [0.25, 0.3) is 0 Å². The van der Waals surface area contributed by atoms with E-state index in [0.29, 0.717) is 68.6 Å². The van der Waals surface area contributed by atoms with E-state index >= 15 is 0 Å². The van der Waals surface area contributed by atoms with Crippen LogP contribution in [0.4, 0.5) is 11.4 Å². The minimum absolute atomic E-state index is 0.213. The number of amides is 1. The molecule has 240 valence electrons. The Balaban J connectivity index is 1.17. The van der Waals surface area contributed by atoms with Gasteiger partial charge in [-0.15, -0.1) is 0 Å². The van der Waals surface area contributed by atoms with Crippen molar-refractivity contribution in [3.8, 4) is 11.5 Å². The third-order valence-corrected chi connectivity index (χ3v) is 8.92. The quantitative estimate of drug-likeness (QED) is 0.180. The fraction of sp³-hybridized carbons (Fsp3) is 0.265. The van der Waals surface area contributed by atoms with E-state index in [4.69, 9.17) is 26.4 Å². The average Bonchev–Trinajstić information content (AvgIpc) is 3.57. The SMILES string of the molecule is CC[C@H]1O[C@@H](n2cc(C)c(=O)[nH]c2=O)CC1NC(=S)Nc1ccc2c(c1)Oc1cc(NC(C)=O)ccc1C21OC(=O)c2ccccc21. The summed E-state index contributed by atoms with van der Waals surface area (Å²) < 4.78 is 20.2. The van der Waals surface area contributed by atoms with Crippen molar-refractivity contribution in [3.05, 3.63) is 116 Å². The largest absolute Gasteiger partial charge is 0.456 e. The standard InChI is InChI=1S/C34H31N5O7S/c1-4-26-25(15-29(45-26)39-16-17(2)30(41)38-33(39)43)37-32(47)36-20-10-12-24-28(14-20)44-27-13-19(35-18(3)40)9-11-23(27)34(24)22-8-6-5-7-21(22)31(42)46-34/h5-14,16,25-26,29H,4,15H2,1-3H3,(H,35,40)(H2,36,37,47)(H,38,41,43)/t25?,26-,29-,34?/m1/s1. The number of H-pyrrole nitrogens is 1. The summed E-state index contributed by atoms with van der Waals surface area (Å²) in [5.41, 5.74) is 1.78. The molecule has 3 aliphatic heterocycles. The van der Waals surface area contributed by atoms with E-state index in [1.807, 2.05) is 31.2 Å². The van der Waals surface area contributed by atoms with Gasteiger partial charge in [0.05, 0.1) is 17.7 Å². The molecule has 47 heavy (non-hydrogen) atoms. The summed E-state index contributed by atoms with van der Waals surface area (Å²) in [5.74, 6) is 0.197. The molecule has 0 aliphatic carbocycles. The highest BCUT2D eigenvalue weighted by Gasteiger charge is 2.53. The summed E-state index contributed by atoms with van der Waals surface area (Å²) >= 11 is 5.69. The van der Waals surface area contributed by atoms with Crippen LogP contribution in [0, 0.1) is 6.92 Å². The molecule has 0 saturated carbocycles. The Bertz CT molecular complexity index is 2090. The van der Waals surface area contributed by atoms with Crippen molar-refractivity contribution in [2.24, 2.45) is 0 Å². The van der Waals surface area contributed by atoms with E-state index in [0.717, 1.165) is 0 Å². The first-order valence-corrected chi connectivity index (χ1v) is 15.6. The van der Waals surface area contributed by atoms with Crippen LogP contribution in [-0.4, -0.2) is 38.7 Å². The second-order valence-corrected chi connectivity index (χ2v) is 12.2. The molecule has 1 aromatic heterocycles. The predicted molar refractivity (Wildman–Crippen MR) is 177 cm³/mol. The van der Waals surface area contributed by atoms with Crippen molar-refractivity contribution in [2.75, 3.05) is 10.6 Å². The Hall–Kier alpha value is -5.27. The number of esters is 1. The zero-order valence-electron chi connectivity index (χ0n) is 25.7. The molecule has 3 aliphatic rings. The topological polar surface area (TPSA) is 153 Å². The molecule has 13 heteroatoms. The molecule has 4 N–H and O–H groups in total. The summed E-state index contributed by atoms with van der Waals surface area (Å²) in [6.45, 7) is 5.04. The van der Waals surface area contributed by atoms with Crippen molar-refractivity contribution in [3.63, 3.8) is 0 Å². The number of aryl methyl sites for hydroxylation is 1. The van der Waals surface area contributed by atoms with Crippen LogP contribution in [0.3, 0.4) is 0 Å². The van der Waals surface area contributed by atoms with Crippen LogP contribution in [0.2, 0.25) is 0 Å². The van der Waals surface area contributed by atoms with Crippen molar-refractivity contribution in [2.45, 2.75) is 57.6 Å². The zero-order valence-corrected chi connectivity index (χ0v) is 26.5. The van der Waals surface area contributed by atoms with Gasteiger partial charge in [0, 0.05) is 65.3 Å². The maximum absolute atomic E-state index is 13.2. The van der Waals surface area contributed by atoms with Gasteiger partial charge in [-0.2, -0.15) is 0 Å². The zero-order chi connectivity index (χ0) is 33.0. The van der Waals surface area contributed by atoms with Gasteiger partial charge in [-0.3, -0.25) is 19.1 Å². The van der Waals surface area contributed by atoms with Gasteiger partial charge >= 0.3 is 11.7 Å². The number of benzene rings is 3. The smallest absolute Gasteiger partial charge is 0.340 e. The first-order chi connectivity index (χ1) is 22.6. The van der Waals surface area contributed by atoms with E-state index in [9.17, 15) is 19.2 Å². The molecule has 1 saturated heterocycles. The first kappa shape index (κ1) is 30.4. The number of hydrogen-bond donors (Lipinski definition) is 4. The Morgan fingerprint density at radius 1 is 1.00 bits per heavy atom. The number of carbonyl (C=O) groups excluding carboxylic acids is 2. The molecule has 1 spiro atoms. The van der Waals surface area contributed by atoms with Gasteiger partial charge in [-0.05, 0) is 55.9 Å².